The predicted octanol–water partition coefficient (Wildman–Crippen LogP) is 4.42. The van der Waals surface area contributed by atoms with Gasteiger partial charge in [0.25, 0.3) is 0 Å². The molecule has 5 heteroatoms. The fourth-order valence-electron chi connectivity index (χ4n) is 1.96. The zero-order valence-corrected chi connectivity index (χ0v) is 13.6. The summed E-state index contributed by atoms with van der Waals surface area (Å²) < 4.78 is 5.58. The minimum Gasteiger partial charge on any atom is -0.473 e. The minimum absolute atomic E-state index is 0.0930. The molecule has 0 atom stereocenters. The number of ether oxygens (including phenoxy) is 1. The van der Waals surface area contributed by atoms with Crippen LogP contribution in [0.3, 0.4) is 0 Å². The van der Waals surface area contributed by atoms with Gasteiger partial charge in [-0.15, -0.1) is 0 Å². The van der Waals surface area contributed by atoms with Gasteiger partial charge in [-0.25, -0.2) is 4.79 Å². The second-order valence-corrected chi connectivity index (χ2v) is 5.51. The van der Waals surface area contributed by atoms with Crippen LogP contribution in [-0.2, 0) is 0 Å². The van der Waals surface area contributed by atoms with E-state index >= 15 is 0 Å². The number of rotatable bonds is 4. The monoisotopic (exact) mass is 318 g/mol. The van der Waals surface area contributed by atoms with E-state index in [1.54, 1.807) is 12.1 Å². The van der Waals surface area contributed by atoms with E-state index in [0.717, 1.165) is 22.4 Å². The van der Waals surface area contributed by atoms with Crippen LogP contribution in [-0.4, -0.2) is 12.8 Å². The van der Waals surface area contributed by atoms with Gasteiger partial charge in [0.2, 0.25) is 0 Å². The SMILES string of the molecule is Cc1ccc(Cl)cc1NC(=O)NCOc1cccc(C)c1C. The van der Waals surface area contributed by atoms with Crippen molar-refractivity contribution in [2.45, 2.75) is 20.8 Å². The third-order valence-corrected chi connectivity index (χ3v) is 3.70. The Morgan fingerprint density at radius 2 is 1.91 bits per heavy atom. The van der Waals surface area contributed by atoms with Crippen molar-refractivity contribution in [3.63, 3.8) is 0 Å². The number of urea groups is 1. The van der Waals surface area contributed by atoms with Gasteiger partial charge in [0.15, 0.2) is 6.73 Å². The van der Waals surface area contributed by atoms with E-state index in [2.05, 4.69) is 10.6 Å². The van der Waals surface area contributed by atoms with Crippen LogP contribution in [0.5, 0.6) is 5.75 Å². The molecule has 0 aromatic heterocycles. The first-order chi connectivity index (χ1) is 10.5. The number of nitrogens with one attached hydrogen (secondary N) is 2. The molecule has 0 saturated carbocycles. The molecule has 22 heavy (non-hydrogen) atoms. The molecular formula is C17H19ClN2O2. The van der Waals surface area contributed by atoms with Gasteiger partial charge in [0.1, 0.15) is 5.75 Å². The van der Waals surface area contributed by atoms with Gasteiger partial charge in [-0.1, -0.05) is 29.8 Å². The van der Waals surface area contributed by atoms with Crippen molar-refractivity contribution in [1.29, 1.82) is 0 Å². The van der Waals surface area contributed by atoms with Crippen molar-refractivity contribution in [1.82, 2.24) is 5.32 Å². The van der Waals surface area contributed by atoms with Crippen LogP contribution in [0.4, 0.5) is 10.5 Å². The molecule has 116 valence electrons. The number of hydrogen-bond acceptors (Lipinski definition) is 2. The van der Waals surface area contributed by atoms with E-state index < -0.39 is 0 Å². The maximum atomic E-state index is 11.9. The molecule has 0 unspecified atom stereocenters. The quantitative estimate of drug-likeness (QED) is 0.820. The van der Waals surface area contributed by atoms with Crippen molar-refractivity contribution < 1.29 is 9.53 Å². The molecule has 2 aromatic rings. The van der Waals surface area contributed by atoms with Gasteiger partial charge in [-0.2, -0.15) is 0 Å². The van der Waals surface area contributed by atoms with Gasteiger partial charge < -0.3 is 15.4 Å². The lowest BCUT2D eigenvalue weighted by Gasteiger charge is -2.13. The van der Waals surface area contributed by atoms with Crippen LogP contribution >= 0.6 is 11.6 Å². The molecule has 0 fully saturated rings. The normalized spacial score (nSPS) is 10.2. The fourth-order valence-corrected chi connectivity index (χ4v) is 2.13. The maximum Gasteiger partial charge on any atom is 0.321 e. The number of benzene rings is 2. The van der Waals surface area contributed by atoms with Crippen molar-refractivity contribution in [2.24, 2.45) is 0 Å². The summed E-state index contributed by atoms with van der Waals surface area (Å²) in [5.74, 6) is 0.763. The molecule has 0 radical (unpaired) electrons. The van der Waals surface area contributed by atoms with Crippen LogP contribution in [0.1, 0.15) is 16.7 Å². The van der Waals surface area contributed by atoms with Gasteiger partial charge in [-0.3, -0.25) is 0 Å². The first-order valence-electron chi connectivity index (χ1n) is 6.97. The highest BCUT2D eigenvalue weighted by molar-refractivity contribution is 6.31. The lowest BCUT2D eigenvalue weighted by atomic mass is 10.1. The summed E-state index contributed by atoms with van der Waals surface area (Å²) in [4.78, 5) is 11.9. The predicted molar refractivity (Wildman–Crippen MR) is 89.8 cm³/mol. The lowest BCUT2D eigenvalue weighted by Crippen LogP contribution is -2.32. The highest BCUT2D eigenvalue weighted by atomic mass is 35.5. The van der Waals surface area contributed by atoms with Gasteiger partial charge in [0.05, 0.1) is 0 Å². The van der Waals surface area contributed by atoms with Crippen molar-refractivity contribution in [3.8, 4) is 5.75 Å². The third kappa shape index (κ3) is 4.15. The average Bonchev–Trinajstić information content (AvgIpc) is 2.47. The largest absolute Gasteiger partial charge is 0.473 e. The van der Waals surface area contributed by atoms with Crippen molar-refractivity contribution in [2.75, 3.05) is 12.0 Å². The minimum atomic E-state index is -0.337. The molecule has 0 heterocycles. The Morgan fingerprint density at radius 3 is 2.68 bits per heavy atom. The van der Waals surface area contributed by atoms with Crippen LogP contribution in [0.2, 0.25) is 5.02 Å². The summed E-state index contributed by atoms with van der Waals surface area (Å²) in [5, 5.41) is 5.98. The number of anilines is 1. The van der Waals surface area contributed by atoms with Crippen LogP contribution in [0.25, 0.3) is 0 Å². The first kappa shape index (κ1) is 16.2. The second-order valence-electron chi connectivity index (χ2n) is 5.08. The summed E-state index contributed by atoms with van der Waals surface area (Å²) >= 11 is 5.92. The number of aryl methyl sites for hydroxylation is 2. The molecular weight excluding hydrogens is 300 g/mol. The molecule has 2 rings (SSSR count). The Balaban J connectivity index is 1.88. The number of carbonyl (C=O) groups is 1. The Labute approximate surface area is 135 Å². The van der Waals surface area contributed by atoms with Gasteiger partial charge in [-0.05, 0) is 55.7 Å². The number of amides is 2. The number of halogens is 1. The average molecular weight is 319 g/mol. The zero-order chi connectivity index (χ0) is 16.1. The summed E-state index contributed by atoms with van der Waals surface area (Å²) in [6, 6.07) is 10.8. The van der Waals surface area contributed by atoms with Crippen LogP contribution in [0.15, 0.2) is 36.4 Å². The molecule has 4 nitrogen and oxygen atoms in total. The fraction of sp³-hybridized carbons (Fsp3) is 0.235. The summed E-state index contributed by atoms with van der Waals surface area (Å²) in [6.45, 7) is 6.00. The molecule has 0 saturated heterocycles. The van der Waals surface area contributed by atoms with E-state index in [0.29, 0.717) is 10.7 Å². The van der Waals surface area contributed by atoms with E-state index in [1.165, 1.54) is 0 Å². The Morgan fingerprint density at radius 1 is 1.14 bits per heavy atom. The molecule has 2 amide bonds. The molecule has 2 aromatic carbocycles. The van der Waals surface area contributed by atoms with E-state index in [9.17, 15) is 4.79 Å². The summed E-state index contributed by atoms with van der Waals surface area (Å²) in [5.41, 5.74) is 3.83. The molecule has 0 aliphatic heterocycles. The van der Waals surface area contributed by atoms with E-state index in [4.69, 9.17) is 16.3 Å². The first-order valence-corrected chi connectivity index (χ1v) is 7.35. The smallest absolute Gasteiger partial charge is 0.321 e. The Hall–Kier alpha value is -2.20. The number of carbonyl (C=O) groups excluding carboxylic acids is 1. The second kappa shape index (κ2) is 7.18. The van der Waals surface area contributed by atoms with Crippen LogP contribution in [0, 0.1) is 20.8 Å². The summed E-state index contributed by atoms with van der Waals surface area (Å²) in [6.07, 6.45) is 0. The molecule has 0 spiro atoms. The molecule has 0 aliphatic rings. The van der Waals surface area contributed by atoms with Crippen molar-refractivity contribution >= 4 is 23.3 Å². The van der Waals surface area contributed by atoms with Gasteiger partial charge in [0, 0.05) is 10.7 Å². The zero-order valence-electron chi connectivity index (χ0n) is 12.9. The third-order valence-electron chi connectivity index (χ3n) is 3.46. The molecule has 0 bridgehead atoms. The topological polar surface area (TPSA) is 50.4 Å². The Bertz CT molecular complexity index is 686. The summed E-state index contributed by atoms with van der Waals surface area (Å²) in [7, 11) is 0. The highest BCUT2D eigenvalue weighted by Crippen LogP contribution is 2.21. The van der Waals surface area contributed by atoms with E-state index in [1.807, 2.05) is 45.0 Å². The Kier molecular flexibility index (Phi) is 5.28. The van der Waals surface area contributed by atoms with E-state index in [-0.39, 0.29) is 12.8 Å². The molecule has 2 N–H and O–H groups in total. The molecule has 0 aliphatic carbocycles. The van der Waals surface area contributed by atoms with Crippen molar-refractivity contribution in [3.05, 3.63) is 58.1 Å². The standard InChI is InChI=1S/C17H19ClN2O2/c1-11-5-4-6-16(13(11)3)22-10-19-17(21)20-15-9-14(18)8-7-12(15)2/h4-9H,10H2,1-3H3,(H2,19,20,21). The lowest BCUT2D eigenvalue weighted by molar-refractivity contribution is 0.234. The maximum absolute atomic E-state index is 11.9. The van der Waals surface area contributed by atoms with Gasteiger partial charge >= 0.3 is 6.03 Å². The highest BCUT2D eigenvalue weighted by Gasteiger charge is 2.06. The van der Waals surface area contributed by atoms with Crippen LogP contribution < -0.4 is 15.4 Å². The number of hydrogen-bond donors (Lipinski definition) is 2.